The van der Waals surface area contributed by atoms with Crippen LogP contribution in [0.5, 0.6) is 0 Å². The first-order valence-electron chi connectivity index (χ1n) is 7.94. The molecule has 0 aliphatic rings. The van der Waals surface area contributed by atoms with E-state index in [2.05, 4.69) is 15.2 Å². The molecule has 0 N–H and O–H groups in total. The summed E-state index contributed by atoms with van der Waals surface area (Å²) in [6.07, 6.45) is 1.70. The van der Waals surface area contributed by atoms with E-state index in [1.54, 1.807) is 13.3 Å². The van der Waals surface area contributed by atoms with Crippen molar-refractivity contribution in [2.24, 2.45) is 0 Å². The van der Waals surface area contributed by atoms with Gasteiger partial charge in [0.25, 0.3) is 0 Å². The van der Waals surface area contributed by atoms with Crippen LogP contribution in [0.4, 0.5) is 8.78 Å². The van der Waals surface area contributed by atoms with Crippen LogP contribution in [0.25, 0.3) is 11.5 Å². The van der Waals surface area contributed by atoms with Gasteiger partial charge in [-0.2, -0.15) is 0 Å². The van der Waals surface area contributed by atoms with E-state index in [0.717, 1.165) is 18.4 Å². The SMILES string of the molecule is CCn1cnnc1CN(C)Cc1nc(-c2cc(F)cc(F)c2)oc1C. The molecule has 0 saturated carbocycles. The fourth-order valence-corrected chi connectivity index (χ4v) is 2.59. The molecule has 25 heavy (non-hydrogen) atoms. The average Bonchev–Trinajstić information content (AvgIpc) is 3.13. The van der Waals surface area contributed by atoms with E-state index in [1.807, 2.05) is 23.4 Å². The zero-order valence-corrected chi connectivity index (χ0v) is 14.3. The van der Waals surface area contributed by atoms with Gasteiger partial charge in [-0.3, -0.25) is 4.90 Å². The average molecular weight is 347 g/mol. The smallest absolute Gasteiger partial charge is 0.226 e. The maximum Gasteiger partial charge on any atom is 0.226 e. The largest absolute Gasteiger partial charge is 0.441 e. The van der Waals surface area contributed by atoms with Crippen molar-refractivity contribution >= 4 is 0 Å². The van der Waals surface area contributed by atoms with Crippen LogP contribution in [-0.4, -0.2) is 31.7 Å². The van der Waals surface area contributed by atoms with E-state index in [4.69, 9.17) is 4.42 Å². The summed E-state index contributed by atoms with van der Waals surface area (Å²) >= 11 is 0. The summed E-state index contributed by atoms with van der Waals surface area (Å²) in [5, 5.41) is 8.02. The highest BCUT2D eigenvalue weighted by atomic mass is 19.1. The number of rotatable bonds is 6. The molecule has 0 saturated heterocycles. The van der Waals surface area contributed by atoms with Gasteiger partial charge in [0.05, 0.1) is 12.2 Å². The Labute approximate surface area is 144 Å². The lowest BCUT2D eigenvalue weighted by Crippen LogP contribution is -2.20. The lowest BCUT2D eigenvalue weighted by Gasteiger charge is -2.15. The number of nitrogens with zero attached hydrogens (tertiary/aromatic N) is 5. The Morgan fingerprint density at radius 2 is 1.88 bits per heavy atom. The number of hydrogen-bond acceptors (Lipinski definition) is 5. The predicted octanol–water partition coefficient (Wildman–Crippen LogP) is 3.17. The topological polar surface area (TPSA) is 60.0 Å². The van der Waals surface area contributed by atoms with Gasteiger partial charge < -0.3 is 8.98 Å². The zero-order valence-electron chi connectivity index (χ0n) is 14.3. The van der Waals surface area contributed by atoms with Gasteiger partial charge in [0.15, 0.2) is 0 Å². The molecule has 1 aromatic carbocycles. The van der Waals surface area contributed by atoms with Crippen LogP contribution in [0.15, 0.2) is 28.9 Å². The van der Waals surface area contributed by atoms with Crippen LogP contribution in [0.2, 0.25) is 0 Å². The van der Waals surface area contributed by atoms with Gasteiger partial charge in [-0.05, 0) is 33.0 Å². The molecule has 0 aliphatic carbocycles. The van der Waals surface area contributed by atoms with Crippen LogP contribution in [-0.2, 0) is 19.6 Å². The van der Waals surface area contributed by atoms with Crippen LogP contribution < -0.4 is 0 Å². The van der Waals surface area contributed by atoms with Crippen molar-refractivity contribution in [3.63, 3.8) is 0 Å². The van der Waals surface area contributed by atoms with Crippen molar-refractivity contribution in [2.45, 2.75) is 33.5 Å². The molecular weight excluding hydrogens is 328 g/mol. The Balaban J connectivity index is 1.76. The van der Waals surface area contributed by atoms with Gasteiger partial charge in [0.2, 0.25) is 5.89 Å². The number of aromatic nitrogens is 4. The molecule has 2 aromatic heterocycles. The first-order valence-corrected chi connectivity index (χ1v) is 7.94. The lowest BCUT2D eigenvalue weighted by molar-refractivity contribution is 0.300. The minimum atomic E-state index is -0.663. The second-order valence-corrected chi connectivity index (χ2v) is 5.89. The van der Waals surface area contributed by atoms with Gasteiger partial charge in [0.1, 0.15) is 29.5 Å². The molecule has 2 heterocycles. The minimum absolute atomic E-state index is 0.205. The fraction of sp³-hybridized carbons (Fsp3) is 0.353. The normalized spacial score (nSPS) is 11.4. The van der Waals surface area contributed by atoms with Crippen molar-refractivity contribution in [3.05, 3.63) is 53.4 Å². The molecule has 0 fully saturated rings. The standard InChI is InChI=1S/C17H19F2N5O/c1-4-24-10-20-22-16(24)9-23(3)8-15-11(2)25-17(21-15)12-5-13(18)7-14(19)6-12/h5-7,10H,4,8-9H2,1-3H3. The Bertz CT molecular complexity index is 854. The van der Waals surface area contributed by atoms with E-state index in [-0.39, 0.29) is 11.5 Å². The number of benzene rings is 1. The van der Waals surface area contributed by atoms with Gasteiger partial charge in [-0.15, -0.1) is 10.2 Å². The number of aryl methyl sites for hydroxylation is 2. The molecule has 0 unspecified atom stereocenters. The third-order valence-corrected chi connectivity index (χ3v) is 3.87. The summed E-state index contributed by atoms with van der Waals surface area (Å²) in [6, 6.07) is 3.22. The molecule has 0 amide bonds. The molecule has 0 radical (unpaired) electrons. The molecule has 132 valence electrons. The highest BCUT2D eigenvalue weighted by Gasteiger charge is 2.16. The van der Waals surface area contributed by atoms with E-state index < -0.39 is 11.6 Å². The molecular formula is C17H19F2N5O. The zero-order chi connectivity index (χ0) is 18.0. The Morgan fingerprint density at radius 3 is 2.56 bits per heavy atom. The van der Waals surface area contributed by atoms with Crippen molar-refractivity contribution in [3.8, 4) is 11.5 Å². The Kier molecular flexibility index (Phi) is 4.89. The summed E-state index contributed by atoms with van der Waals surface area (Å²) in [7, 11) is 1.93. The summed E-state index contributed by atoms with van der Waals surface area (Å²) < 4.78 is 34.3. The summed E-state index contributed by atoms with van der Waals surface area (Å²) in [5.74, 6) is 0.352. The minimum Gasteiger partial charge on any atom is -0.441 e. The molecule has 8 heteroatoms. The first kappa shape index (κ1) is 17.2. The molecule has 0 bridgehead atoms. The summed E-state index contributed by atoms with van der Waals surface area (Å²) in [6.45, 7) is 5.73. The monoisotopic (exact) mass is 347 g/mol. The van der Waals surface area contributed by atoms with E-state index in [1.165, 1.54) is 12.1 Å². The lowest BCUT2D eigenvalue weighted by atomic mass is 10.2. The van der Waals surface area contributed by atoms with E-state index >= 15 is 0 Å². The van der Waals surface area contributed by atoms with E-state index in [9.17, 15) is 8.78 Å². The van der Waals surface area contributed by atoms with Crippen LogP contribution in [0.3, 0.4) is 0 Å². The fourth-order valence-electron chi connectivity index (χ4n) is 2.59. The van der Waals surface area contributed by atoms with Gasteiger partial charge >= 0.3 is 0 Å². The van der Waals surface area contributed by atoms with Crippen molar-refractivity contribution in [1.29, 1.82) is 0 Å². The van der Waals surface area contributed by atoms with Gasteiger partial charge in [0, 0.05) is 24.7 Å². The number of halogens is 2. The van der Waals surface area contributed by atoms with Crippen molar-refractivity contribution in [2.75, 3.05) is 7.05 Å². The second kappa shape index (κ2) is 7.10. The number of hydrogen-bond donors (Lipinski definition) is 0. The van der Waals surface area contributed by atoms with Crippen molar-refractivity contribution in [1.82, 2.24) is 24.6 Å². The molecule has 0 atom stereocenters. The van der Waals surface area contributed by atoms with Crippen LogP contribution >= 0.6 is 0 Å². The molecule has 3 rings (SSSR count). The van der Waals surface area contributed by atoms with Crippen LogP contribution in [0.1, 0.15) is 24.2 Å². The third-order valence-electron chi connectivity index (χ3n) is 3.87. The highest BCUT2D eigenvalue weighted by molar-refractivity contribution is 5.53. The molecule has 0 aliphatic heterocycles. The van der Waals surface area contributed by atoms with E-state index in [0.29, 0.717) is 24.5 Å². The predicted molar refractivity (Wildman–Crippen MR) is 87.5 cm³/mol. The Morgan fingerprint density at radius 1 is 1.16 bits per heavy atom. The molecule has 6 nitrogen and oxygen atoms in total. The van der Waals surface area contributed by atoms with Gasteiger partial charge in [-0.25, -0.2) is 13.8 Å². The summed E-state index contributed by atoms with van der Waals surface area (Å²) in [4.78, 5) is 6.41. The quantitative estimate of drug-likeness (QED) is 0.685. The Hall–Kier alpha value is -2.61. The maximum atomic E-state index is 13.4. The summed E-state index contributed by atoms with van der Waals surface area (Å²) in [5.41, 5.74) is 0.991. The molecule has 3 aromatic rings. The third kappa shape index (κ3) is 3.90. The first-order chi connectivity index (χ1) is 12.0. The number of oxazole rings is 1. The molecule has 0 spiro atoms. The highest BCUT2D eigenvalue weighted by Crippen LogP contribution is 2.24. The maximum absolute atomic E-state index is 13.4. The van der Waals surface area contributed by atoms with Crippen molar-refractivity contribution < 1.29 is 13.2 Å². The van der Waals surface area contributed by atoms with Crippen LogP contribution in [0, 0.1) is 18.6 Å². The second-order valence-electron chi connectivity index (χ2n) is 5.89. The van der Waals surface area contributed by atoms with Gasteiger partial charge in [-0.1, -0.05) is 0 Å².